The Morgan fingerprint density at radius 2 is 1.92 bits per heavy atom. The summed E-state index contributed by atoms with van der Waals surface area (Å²) in [6, 6.07) is 1.99. The minimum Gasteiger partial charge on any atom is -0.489 e. The number of hydrogen-bond donors (Lipinski definition) is 2. The maximum absolute atomic E-state index is 14.3. The van der Waals surface area contributed by atoms with Gasteiger partial charge in [-0.15, -0.1) is 0 Å². The third-order valence-corrected chi connectivity index (χ3v) is 4.37. The molecule has 0 unspecified atom stereocenters. The van der Waals surface area contributed by atoms with Gasteiger partial charge in [-0.1, -0.05) is 6.42 Å². The van der Waals surface area contributed by atoms with E-state index in [0.717, 1.165) is 25.3 Å². The number of ether oxygens (including phenoxy) is 1. The fraction of sp³-hybridized carbons (Fsp3) is 0.500. The highest BCUT2D eigenvalue weighted by Gasteiger charge is 2.44. The van der Waals surface area contributed by atoms with Crippen LogP contribution in [-0.4, -0.2) is 24.2 Å². The maximum Gasteiger partial charge on any atom is 0.220 e. The standard InChI is InChI=1S/C16H21F2N5O/c1-2-24-13-11(18)8-10(17)9-12(13)23-15(20)21-14(19)22-16(23)6-4-3-5-7-16/h8-9H,2-7H2,1H3,(H4,19,20,21,22). The highest BCUT2D eigenvalue weighted by Crippen LogP contribution is 2.43. The monoisotopic (exact) mass is 337 g/mol. The fourth-order valence-electron chi connectivity index (χ4n) is 3.47. The number of aliphatic imine (C=N–C) groups is 2. The van der Waals surface area contributed by atoms with E-state index in [1.807, 2.05) is 0 Å². The van der Waals surface area contributed by atoms with Crippen molar-refractivity contribution in [3.05, 3.63) is 23.8 Å². The number of guanidine groups is 2. The molecule has 1 saturated carbocycles. The van der Waals surface area contributed by atoms with Crippen LogP contribution in [0.4, 0.5) is 14.5 Å². The van der Waals surface area contributed by atoms with Crippen molar-refractivity contribution in [2.75, 3.05) is 11.5 Å². The Morgan fingerprint density at radius 1 is 1.21 bits per heavy atom. The molecular weight excluding hydrogens is 316 g/mol. The van der Waals surface area contributed by atoms with Gasteiger partial charge in [0, 0.05) is 12.1 Å². The molecule has 6 nitrogen and oxygen atoms in total. The Bertz CT molecular complexity index is 698. The van der Waals surface area contributed by atoms with E-state index in [4.69, 9.17) is 16.2 Å². The van der Waals surface area contributed by atoms with Crippen LogP contribution in [0.5, 0.6) is 5.75 Å². The summed E-state index contributed by atoms with van der Waals surface area (Å²) in [6.45, 7) is 1.96. The second-order valence-electron chi connectivity index (χ2n) is 5.99. The predicted molar refractivity (Wildman–Crippen MR) is 89.1 cm³/mol. The van der Waals surface area contributed by atoms with Crippen molar-refractivity contribution in [2.45, 2.75) is 44.7 Å². The van der Waals surface area contributed by atoms with Crippen LogP contribution in [0.25, 0.3) is 0 Å². The number of nitrogens with two attached hydrogens (primary N) is 2. The third-order valence-electron chi connectivity index (χ3n) is 4.37. The van der Waals surface area contributed by atoms with Crippen LogP contribution in [0.15, 0.2) is 22.1 Å². The molecule has 1 fully saturated rings. The zero-order valence-corrected chi connectivity index (χ0v) is 13.6. The molecule has 130 valence electrons. The van der Waals surface area contributed by atoms with Gasteiger partial charge in [0.2, 0.25) is 11.9 Å². The van der Waals surface area contributed by atoms with Gasteiger partial charge in [0.05, 0.1) is 12.3 Å². The molecule has 1 spiro atoms. The van der Waals surface area contributed by atoms with Crippen LogP contribution in [0.2, 0.25) is 0 Å². The molecule has 1 heterocycles. The molecule has 0 amide bonds. The van der Waals surface area contributed by atoms with E-state index >= 15 is 0 Å². The smallest absolute Gasteiger partial charge is 0.220 e. The third kappa shape index (κ3) is 2.76. The van der Waals surface area contributed by atoms with Crippen molar-refractivity contribution >= 4 is 17.6 Å². The summed E-state index contributed by atoms with van der Waals surface area (Å²) in [7, 11) is 0. The molecule has 1 aromatic rings. The summed E-state index contributed by atoms with van der Waals surface area (Å²) in [6.07, 6.45) is 4.25. The second kappa shape index (κ2) is 6.26. The number of halogens is 2. The van der Waals surface area contributed by atoms with Crippen LogP contribution in [-0.2, 0) is 0 Å². The Labute approximate surface area is 139 Å². The molecule has 2 aliphatic rings. The summed E-state index contributed by atoms with van der Waals surface area (Å²) in [4.78, 5) is 10.1. The molecule has 0 saturated heterocycles. The van der Waals surface area contributed by atoms with Gasteiger partial charge in [-0.3, -0.25) is 4.90 Å². The van der Waals surface area contributed by atoms with Crippen molar-refractivity contribution in [1.29, 1.82) is 0 Å². The first kappa shape index (κ1) is 16.5. The average molecular weight is 337 g/mol. The zero-order valence-electron chi connectivity index (χ0n) is 13.6. The molecule has 1 aliphatic heterocycles. The molecule has 8 heteroatoms. The van der Waals surface area contributed by atoms with Gasteiger partial charge in [-0.2, -0.15) is 4.99 Å². The predicted octanol–water partition coefficient (Wildman–Crippen LogP) is 2.47. The lowest BCUT2D eigenvalue weighted by Gasteiger charge is -2.45. The highest BCUT2D eigenvalue weighted by atomic mass is 19.1. The Balaban J connectivity index is 2.17. The van der Waals surface area contributed by atoms with Crippen LogP contribution < -0.4 is 21.1 Å². The van der Waals surface area contributed by atoms with E-state index < -0.39 is 17.3 Å². The lowest BCUT2D eigenvalue weighted by molar-refractivity contribution is 0.294. The number of rotatable bonds is 3. The lowest BCUT2D eigenvalue weighted by atomic mass is 9.87. The molecule has 0 bridgehead atoms. The maximum atomic E-state index is 14.3. The van der Waals surface area contributed by atoms with E-state index in [9.17, 15) is 8.78 Å². The Hall–Kier alpha value is -2.38. The quantitative estimate of drug-likeness (QED) is 0.887. The summed E-state index contributed by atoms with van der Waals surface area (Å²) in [5, 5.41) is 0. The van der Waals surface area contributed by atoms with Crippen molar-refractivity contribution in [2.24, 2.45) is 21.5 Å². The summed E-state index contributed by atoms with van der Waals surface area (Å²) in [5.74, 6) is -1.41. The first-order chi connectivity index (χ1) is 11.5. The SMILES string of the molecule is CCOc1c(F)cc(F)cc1N1C(N)=NC(N)=NC12CCCCC2. The van der Waals surface area contributed by atoms with Crippen molar-refractivity contribution in [3.8, 4) is 5.75 Å². The molecule has 0 aromatic heterocycles. The minimum atomic E-state index is -0.784. The van der Waals surface area contributed by atoms with Crippen LogP contribution in [0.1, 0.15) is 39.0 Å². The van der Waals surface area contributed by atoms with Crippen molar-refractivity contribution < 1.29 is 13.5 Å². The van der Waals surface area contributed by atoms with Gasteiger partial charge in [0.15, 0.2) is 11.6 Å². The molecule has 24 heavy (non-hydrogen) atoms. The van der Waals surface area contributed by atoms with Gasteiger partial charge >= 0.3 is 0 Å². The molecule has 1 aromatic carbocycles. The summed E-state index contributed by atoms with van der Waals surface area (Å²) >= 11 is 0. The largest absolute Gasteiger partial charge is 0.489 e. The normalized spacial score (nSPS) is 19.9. The molecule has 1 aliphatic carbocycles. The molecular formula is C16H21F2N5O. The molecule has 0 atom stereocenters. The van der Waals surface area contributed by atoms with Gasteiger partial charge in [-0.25, -0.2) is 13.8 Å². The van der Waals surface area contributed by atoms with E-state index in [-0.39, 0.29) is 30.0 Å². The number of nitrogens with zero attached hydrogens (tertiary/aromatic N) is 3. The molecule has 0 radical (unpaired) electrons. The van der Waals surface area contributed by atoms with Crippen LogP contribution >= 0.6 is 0 Å². The fourth-order valence-corrected chi connectivity index (χ4v) is 3.47. The second-order valence-corrected chi connectivity index (χ2v) is 5.99. The minimum absolute atomic E-state index is 0.0577. The number of anilines is 1. The van der Waals surface area contributed by atoms with E-state index in [1.54, 1.807) is 11.8 Å². The van der Waals surface area contributed by atoms with Crippen LogP contribution in [0.3, 0.4) is 0 Å². The molecule has 3 rings (SSSR count). The van der Waals surface area contributed by atoms with E-state index in [2.05, 4.69) is 9.98 Å². The summed E-state index contributed by atoms with van der Waals surface area (Å²) < 4.78 is 33.6. The Morgan fingerprint density at radius 3 is 2.58 bits per heavy atom. The lowest BCUT2D eigenvalue weighted by Crippen LogP contribution is -2.58. The van der Waals surface area contributed by atoms with E-state index in [1.165, 1.54) is 6.07 Å². The first-order valence-corrected chi connectivity index (χ1v) is 8.08. The highest BCUT2D eigenvalue weighted by molar-refractivity contribution is 6.06. The average Bonchev–Trinajstić information content (AvgIpc) is 2.50. The van der Waals surface area contributed by atoms with Gasteiger partial charge in [0.1, 0.15) is 11.5 Å². The van der Waals surface area contributed by atoms with Crippen molar-refractivity contribution in [3.63, 3.8) is 0 Å². The Kier molecular flexibility index (Phi) is 4.29. The first-order valence-electron chi connectivity index (χ1n) is 8.08. The molecule has 4 N–H and O–H groups in total. The van der Waals surface area contributed by atoms with Crippen molar-refractivity contribution in [1.82, 2.24) is 0 Å². The zero-order chi connectivity index (χ0) is 17.3. The topological polar surface area (TPSA) is 89.2 Å². The van der Waals surface area contributed by atoms with E-state index in [0.29, 0.717) is 12.8 Å². The van der Waals surface area contributed by atoms with Crippen LogP contribution in [0, 0.1) is 11.6 Å². The number of benzene rings is 1. The number of hydrogen-bond acceptors (Lipinski definition) is 6. The van der Waals surface area contributed by atoms with Gasteiger partial charge in [0.25, 0.3) is 0 Å². The van der Waals surface area contributed by atoms with Gasteiger partial charge < -0.3 is 16.2 Å². The summed E-state index contributed by atoms with van der Waals surface area (Å²) in [5.41, 5.74) is 11.3. The van der Waals surface area contributed by atoms with Gasteiger partial charge in [-0.05, 0) is 32.6 Å².